The molecule has 7 heteroatoms. The van der Waals surface area contributed by atoms with E-state index in [2.05, 4.69) is 27.8 Å². The van der Waals surface area contributed by atoms with Gasteiger partial charge in [-0.15, -0.1) is 35.3 Å². The van der Waals surface area contributed by atoms with Crippen molar-refractivity contribution in [3.05, 3.63) is 65.5 Å². The van der Waals surface area contributed by atoms with Crippen molar-refractivity contribution in [2.24, 2.45) is 4.99 Å². The van der Waals surface area contributed by atoms with E-state index < -0.39 is 6.10 Å². The molecule has 1 atom stereocenters. The zero-order chi connectivity index (χ0) is 18.2. The molecule has 0 bridgehead atoms. The number of thiophene rings is 1. The van der Waals surface area contributed by atoms with E-state index in [0.29, 0.717) is 25.7 Å². The van der Waals surface area contributed by atoms with Crippen LogP contribution in [0.3, 0.4) is 0 Å². The minimum Gasteiger partial charge on any atom is -0.492 e. The summed E-state index contributed by atoms with van der Waals surface area (Å²) in [4.78, 5) is 5.12. The summed E-state index contributed by atoms with van der Waals surface area (Å²) in [6.07, 6.45) is -0.577. The number of para-hydroxylation sites is 1. The van der Waals surface area contributed by atoms with Crippen LogP contribution in [0.5, 0.6) is 5.75 Å². The number of nitrogens with zero attached hydrogens (tertiary/aromatic N) is 1. The Morgan fingerprint density at radius 1 is 1.11 bits per heavy atom. The first-order valence-corrected chi connectivity index (χ1v) is 9.37. The molecule has 0 saturated carbocycles. The second kappa shape index (κ2) is 11.1. The Bertz CT molecular complexity index is 822. The van der Waals surface area contributed by atoms with Crippen molar-refractivity contribution in [1.29, 1.82) is 0 Å². The Kier molecular flexibility index (Phi) is 8.83. The normalized spacial score (nSPS) is 12.3. The number of hydrogen-bond acceptors (Lipinski definition) is 4. The molecular formula is C20H24IN3O2S. The number of aliphatic imine (C=N–C) groups is 1. The summed E-state index contributed by atoms with van der Waals surface area (Å²) in [6, 6.07) is 19.9. The van der Waals surface area contributed by atoms with Crippen LogP contribution in [0, 0.1) is 0 Å². The van der Waals surface area contributed by atoms with Gasteiger partial charge in [0.2, 0.25) is 0 Å². The first-order valence-electron chi connectivity index (χ1n) is 8.55. The maximum absolute atomic E-state index is 10.4. The molecule has 3 aromatic rings. The van der Waals surface area contributed by atoms with Gasteiger partial charge in [0.25, 0.3) is 0 Å². The lowest BCUT2D eigenvalue weighted by molar-refractivity contribution is 0.184. The average Bonchev–Trinajstić information content (AvgIpc) is 3.12. The number of aliphatic hydroxyl groups is 1. The predicted molar refractivity (Wildman–Crippen MR) is 124 cm³/mol. The average molecular weight is 497 g/mol. The van der Waals surface area contributed by atoms with Crippen molar-refractivity contribution in [2.45, 2.75) is 6.10 Å². The highest BCUT2D eigenvalue weighted by Crippen LogP contribution is 2.29. The van der Waals surface area contributed by atoms with Crippen molar-refractivity contribution >= 4 is 51.4 Å². The number of aliphatic hydroxyl groups excluding tert-OH is 1. The van der Waals surface area contributed by atoms with Gasteiger partial charge in [0.15, 0.2) is 5.96 Å². The number of rotatable bonds is 7. The van der Waals surface area contributed by atoms with Crippen LogP contribution in [0.2, 0.25) is 0 Å². The molecule has 0 spiro atoms. The van der Waals surface area contributed by atoms with Crippen LogP contribution in [0.25, 0.3) is 10.1 Å². The Labute approximate surface area is 180 Å². The first-order chi connectivity index (χ1) is 12.8. The molecule has 0 radical (unpaired) electrons. The molecule has 1 unspecified atom stereocenters. The van der Waals surface area contributed by atoms with Gasteiger partial charge in [0.05, 0.1) is 6.54 Å². The second-order valence-corrected chi connectivity index (χ2v) is 6.86. The summed E-state index contributed by atoms with van der Waals surface area (Å²) in [7, 11) is 1.71. The molecule has 1 heterocycles. The Balaban J connectivity index is 0.00000261. The van der Waals surface area contributed by atoms with Crippen LogP contribution < -0.4 is 15.4 Å². The van der Waals surface area contributed by atoms with E-state index in [1.165, 1.54) is 4.70 Å². The molecule has 0 fully saturated rings. The first kappa shape index (κ1) is 21.5. The zero-order valence-corrected chi connectivity index (χ0v) is 18.2. The van der Waals surface area contributed by atoms with Crippen molar-refractivity contribution < 1.29 is 9.84 Å². The van der Waals surface area contributed by atoms with E-state index in [1.54, 1.807) is 18.4 Å². The van der Waals surface area contributed by atoms with Crippen LogP contribution in [0.4, 0.5) is 0 Å². The summed E-state index contributed by atoms with van der Waals surface area (Å²) in [5.41, 5.74) is 0. The van der Waals surface area contributed by atoms with E-state index in [4.69, 9.17) is 4.74 Å². The Morgan fingerprint density at radius 2 is 1.85 bits per heavy atom. The highest BCUT2D eigenvalue weighted by atomic mass is 127. The number of hydrogen-bond donors (Lipinski definition) is 3. The van der Waals surface area contributed by atoms with Crippen LogP contribution in [0.1, 0.15) is 11.0 Å². The summed E-state index contributed by atoms with van der Waals surface area (Å²) < 4.78 is 6.82. The zero-order valence-electron chi connectivity index (χ0n) is 15.1. The molecule has 0 aliphatic heterocycles. The van der Waals surface area contributed by atoms with Gasteiger partial charge in [-0.05, 0) is 29.7 Å². The number of halogens is 1. The number of guanidine groups is 1. The number of benzene rings is 2. The third-order valence-electron chi connectivity index (χ3n) is 3.87. The smallest absolute Gasteiger partial charge is 0.191 e. The molecule has 3 rings (SSSR count). The van der Waals surface area contributed by atoms with Gasteiger partial charge in [0, 0.05) is 23.2 Å². The van der Waals surface area contributed by atoms with Crippen molar-refractivity contribution in [3.63, 3.8) is 0 Å². The SMILES string of the molecule is CN=C(NCCOc1ccccc1)NCC(O)c1cc2ccccc2s1.I. The Hall–Kier alpha value is -1.84. The molecule has 1 aromatic heterocycles. The lowest BCUT2D eigenvalue weighted by Gasteiger charge is -2.15. The van der Waals surface area contributed by atoms with Gasteiger partial charge in [-0.3, -0.25) is 4.99 Å². The van der Waals surface area contributed by atoms with Crippen molar-refractivity contribution in [1.82, 2.24) is 10.6 Å². The van der Waals surface area contributed by atoms with Crippen LogP contribution in [0.15, 0.2) is 65.7 Å². The molecule has 27 heavy (non-hydrogen) atoms. The largest absolute Gasteiger partial charge is 0.492 e. The van der Waals surface area contributed by atoms with E-state index in [9.17, 15) is 5.11 Å². The molecule has 0 saturated heterocycles. The van der Waals surface area contributed by atoms with E-state index in [1.807, 2.05) is 48.5 Å². The van der Waals surface area contributed by atoms with Gasteiger partial charge in [-0.1, -0.05) is 36.4 Å². The summed E-state index contributed by atoms with van der Waals surface area (Å²) in [5.74, 6) is 1.49. The fourth-order valence-corrected chi connectivity index (χ4v) is 3.59. The van der Waals surface area contributed by atoms with Gasteiger partial charge < -0.3 is 20.5 Å². The summed E-state index contributed by atoms with van der Waals surface area (Å²) in [5, 5.41) is 17.9. The van der Waals surface area contributed by atoms with E-state index in [-0.39, 0.29) is 24.0 Å². The molecule has 2 aromatic carbocycles. The fraction of sp³-hybridized carbons (Fsp3) is 0.250. The number of nitrogens with one attached hydrogen (secondary N) is 2. The molecule has 3 N–H and O–H groups in total. The van der Waals surface area contributed by atoms with Crippen LogP contribution in [-0.2, 0) is 0 Å². The highest BCUT2D eigenvalue weighted by molar-refractivity contribution is 14.0. The van der Waals surface area contributed by atoms with E-state index in [0.717, 1.165) is 16.0 Å². The third kappa shape index (κ3) is 6.37. The van der Waals surface area contributed by atoms with Crippen molar-refractivity contribution in [2.75, 3.05) is 26.7 Å². The maximum Gasteiger partial charge on any atom is 0.191 e. The number of ether oxygens (including phenoxy) is 1. The van der Waals surface area contributed by atoms with E-state index >= 15 is 0 Å². The van der Waals surface area contributed by atoms with Crippen molar-refractivity contribution in [3.8, 4) is 5.75 Å². The topological polar surface area (TPSA) is 65.9 Å². The third-order valence-corrected chi connectivity index (χ3v) is 5.08. The fourth-order valence-electron chi connectivity index (χ4n) is 2.54. The summed E-state index contributed by atoms with van der Waals surface area (Å²) >= 11 is 1.61. The molecule has 144 valence electrons. The lowest BCUT2D eigenvalue weighted by atomic mass is 10.2. The maximum atomic E-state index is 10.4. The molecule has 0 aliphatic carbocycles. The highest BCUT2D eigenvalue weighted by Gasteiger charge is 2.12. The standard InChI is InChI=1S/C20H23N3O2S.HI/c1-21-20(22-11-12-25-16-8-3-2-4-9-16)23-14-17(24)19-13-15-7-5-6-10-18(15)26-19;/h2-10,13,17,24H,11-12,14H2,1H3,(H2,21,22,23);1H. The molecule has 5 nitrogen and oxygen atoms in total. The quantitative estimate of drug-likeness (QED) is 0.201. The van der Waals surface area contributed by atoms with Gasteiger partial charge in [-0.25, -0.2) is 0 Å². The minimum absolute atomic E-state index is 0. The second-order valence-electron chi connectivity index (χ2n) is 5.74. The lowest BCUT2D eigenvalue weighted by Crippen LogP contribution is -2.41. The number of fused-ring (bicyclic) bond motifs is 1. The molecular weight excluding hydrogens is 473 g/mol. The predicted octanol–water partition coefficient (Wildman–Crippen LogP) is 3.80. The van der Waals surface area contributed by atoms with Crippen LogP contribution in [-0.4, -0.2) is 37.8 Å². The molecule has 0 aliphatic rings. The minimum atomic E-state index is -0.577. The van der Waals surface area contributed by atoms with Gasteiger partial charge in [-0.2, -0.15) is 0 Å². The van der Waals surface area contributed by atoms with Gasteiger partial charge >= 0.3 is 0 Å². The monoisotopic (exact) mass is 497 g/mol. The van der Waals surface area contributed by atoms with Gasteiger partial charge in [0.1, 0.15) is 18.5 Å². The van der Waals surface area contributed by atoms with Crippen LogP contribution >= 0.6 is 35.3 Å². The molecule has 0 amide bonds. The summed E-state index contributed by atoms with van der Waals surface area (Å²) in [6.45, 7) is 1.54. The Morgan fingerprint density at radius 3 is 2.59 bits per heavy atom.